The first-order valence-corrected chi connectivity index (χ1v) is 7.34. The zero-order chi connectivity index (χ0) is 16.5. The topological polar surface area (TPSA) is 96.7 Å². The van der Waals surface area contributed by atoms with Crippen LogP contribution < -0.4 is 5.56 Å². The third-order valence-electron chi connectivity index (χ3n) is 3.84. The number of nitrogens with one attached hydrogen (secondary N) is 1. The number of hydrogen-bond acceptors (Lipinski definition) is 5. The predicted molar refractivity (Wildman–Crippen MR) is 88.6 cm³/mol. The molecule has 0 aliphatic rings. The average Bonchev–Trinajstić information content (AvgIpc) is 3.11. The summed E-state index contributed by atoms with van der Waals surface area (Å²) in [5, 5.41) is 14.3. The van der Waals surface area contributed by atoms with Crippen LogP contribution in [0.3, 0.4) is 0 Å². The number of nitrogens with zero attached hydrogens (tertiary/aromatic N) is 4. The quantitative estimate of drug-likeness (QED) is 0.598. The lowest BCUT2D eigenvalue weighted by Crippen LogP contribution is -2.09. The number of pyridine rings is 1. The van der Waals surface area contributed by atoms with Crippen LogP contribution >= 0.6 is 0 Å². The smallest absolute Gasteiger partial charge is 0.258 e. The molecule has 7 nitrogen and oxygen atoms in total. The third kappa shape index (κ3) is 2.27. The summed E-state index contributed by atoms with van der Waals surface area (Å²) < 4.78 is 1.58. The Balaban J connectivity index is 1.87. The van der Waals surface area contributed by atoms with Crippen molar-refractivity contribution in [2.45, 2.75) is 6.61 Å². The van der Waals surface area contributed by atoms with E-state index in [4.69, 9.17) is 0 Å². The molecule has 24 heavy (non-hydrogen) atoms. The number of rotatable bonds is 3. The van der Waals surface area contributed by atoms with E-state index in [0.717, 1.165) is 16.7 Å². The first-order valence-electron chi connectivity index (χ1n) is 7.34. The van der Waals surface area contributed by atoms with Gasteiger partial charge in [0.15, 0.2) is 5.82 Å². The molecule has 0 saturated heterocycles. The molecule has 7 heteroatoms. The number of aromatic amines is 1. The van der Waals surface area contributed by atoms with Gasteiger partial charge < -0.3 is 10.1 Å². The normalized spacial score (nSPS) is 11.0. The van der Waals surface area contributed by atoms with E-state index < -0.39 is 0 Å². The Morgan fingerprint density at radius 3 is 2.92 bits per heavy atom. The Bertz CT molecular complexity index is 1080. The van der Waals surface area contributed by atoms with Gasteiger partial charge in [0.2, 0.25) is 0 Å². The molecule has 4 aromatic rings. The predicted octanol–water partition coefficient (Wildman–Crippen LogP) is 1.66. The number of aromatic nitrogens is 5. The molecule has 0 aliphatic carbocycles. The largest absolute Gasteiger partial charge is 0.392 e. The van der Waals surface area contributed by atoms with Crippen LogP contribution in [0, 0.1) is 0 Å². The van der Waals surface area contributed by atoms with E-state index in [1.807, 2.05) is 24.3 Å². The van der Waals surface area contributed by atoms with Crippen LogP contribution in [-0.2, 0) is 6.61 Å². The maximum atomic E-state index is 11.9. The first kappa shape index (κ1) is 14.3. The molecule has 0 atom stereocenters. The molecule has 1 aromatic carbocycles. The summed E-state index contributed by atoms with van der Waals surface area (Å²) >= 11 is 0. The van der Waals surface area contributed by atoms with Crippen molar-refractivity contribution in [1.29, 1.82) is 0 Å². The molecule has 118 valence electrons. The Morgan fingerprint density at radius 2 is 2.04 bits per heavy atom. The molecule has 0 aliphatic heterocycles. The molecule has 2 N–H and O–H groups in total. The van der Waals surface area contributed by atoms with Crippen LogP contribution in [0.2, 0.25) is 0 Å². The van der Waals surface area contributed by atoms with Gasteiger partial charge in [0.1, 0.15) is 5.52 Å². The fraction of sp³-hybridized carbons (Fsp3) is 0.0588. The lowest BCUT2D eigenvalue weighted by Gasteiger charge is -2.05. The summed E-state index contributed by atoms with van der Waals surface area (Å²) in [7, 11) is 0. The van der Waals surface area contributed by atoms with E-state index in [9.17, 15) is 9.90 Å². The van der Waals surface area contributed by atoms with Gasteiger partial charge in [0, 0.05) is 18.0 Å². The SMILES string of the molecule is O=c1[nH]cnc2c(-n3cc(-c4ccccc4CO)cn3)nccc12. The monoisotopic (exact) mass is 319 g/mol. The van der Waals surface area contributed by atoms with Crippen molar-refractivity contribution < 1.29 is 5.11 Å². The van der Waals surface area contributed by atoms with Crippen molar-refractivity contribution >= 4 is 10.9 Å². The highest BCUT2D eigenvalue weighted by Gasteiger charge is 2.12. The van der Waals surface area contributed by atoms with Crippen molar-refractivity contribution in [2.24, 2.45) is 0 Å². The number of fused-ring (bicyclic) bond motifs is 1. The standard InChI is InChI=1S/C17H13N5O2/c23-9-11-3-1-2-4-13(11)12-7-21-22(8-12)16-15-14(5-6-18-16)17(24)20-10-19-15/h1-8,10,23H,9H2,(H,19,20,24). The zero-order valence-electron chi connectivity index (χ0n) is 12.5. The summed E-state index contributed by atoms with van der Waals surface area (Å²) in [6, 6.07) is 9.19. The molecule has 0 unspecified atom stereocenters. The average molecular weight is 319 g/mol. The van der Waals surface area contributed by atoms with Gasteiger partial charge >= 0.3 is 0 Å². The van der Waals surface area contributed by atoms with Crippen LogP contribution in [0.1, 0.15) is 5.56 Å². The van der Waals surface area contributed by atoms with Crippen molar-refractivity contribution in [1.82, 2.24) is 24.7 Å². The molecule has 0 saturated carbocycles. The number of H-pyrrole nitrogens is 1. The molecule has 0 amide bonds. The second kappa shape index (κ2) is 5.71. The molecule has 0 bridgehead atoms. The van der Waals surface area contributed by atoms with Gasteiger partial charge in [-0.2, -0.15) is 5.10 Å². The number of hydrogen-bond donors (Lipinski definition) is 2. The maximum Gasteiger partial charge on any atom is 0.258 e. The molecule has 0 radical (unpaired) electrons. The fourth-order valence-corrected chi connectivity index (χ4v) is 2.67. The maximum absolute atomic E-state index is 11.9. The van der Waals surface area contributed by atoms with Crippen LogP contribution in [0.4, 0.5) is 0 Å². The van der Waals surface area contributed by atoms with Gasteiger partial charge in [-0.1, -0.05) is 24.3 Å². The van der Waals surface area contributed by atoms with Crippen LogP contribution in [0.15, 0.2) is 60.0 Å². The molecular formula is C17H13N5O2. The minimum atomic E-state index is -0.221. The summed E-state index contributed by atoms with van der Waals surface area (Å²) in [6.45, 7) is -0.0508. The first-order chi connectivity index (χ1) is 11.8. The Labute approximate surface area is 136 Å². The van der Waals surface area contributed by atoms with Crippen molar-refractivity contribution in [3.8, 4) is 16.9 Å². The molecular weight excluding hydrogens is 306 g/mol. The molecule has 0 fully saturated rings. The van der Waals surface area contributed by atoms with Crippen LogP contribution in [-0.4, -0.2) is 29.8 Å². The van der Waals surface area contributed by atoms with Gasteiger partial charge in [-0.25, -0.2) is 14.6 Å². The fourth-order valence-electron chi connectivity index (χ4n) is 2.67. The van der Waals surface area contributed by atoms with E-state index in [1.165, 1.54) is 6.33 Å². The molecule has 3 aromatic heterocycles. The van der Waals surface area contributed by atoms with Crippen molar-refractivity contribution in [3.05, 3.63) is 71.2 Å². The van der Waals surface area contributed by atoms with E-state index >= 15 is 0 Å². The highest BCUT2D eigenvalue weighted by molar-refractivity contribution is 5.83. The van der Waals surface area contributed by atoms with Crippen molar-refractivity contribution in [2.75, 3.05) is 0 Å². The minimum Gasteiger partial charge on any atom is -0.392 e. The highest BCUT2D eigenvalue weighted by Crippen LogP contribution is 2.24. The van der Waals surface area contributed by atoms with Crippen molar-refractivity contribution in [3.63, 3.8) is 0 Å². The summed E-state index contributed by atoms with van der Waals surface area (Å²) in [6.07, 6.45) is 6.40. The minimum absolute atomic E-state index is 0.0508. The summed E-state index contributed by atoms with van der Waals surface area (Å²) in [5.41, 5.74) is 2.83. The zero-order valence-corrected chi connectivity index (χ0v) is 12.5. The second-order valence-corrected chi connectivity index (χ2v) is 5.25. The van der Waals surface area contributed by atoms with Gasteiger partial charge in [0.05, 0.1) is 24.5 Å². The number of aliphatic hydroxyl groups excluding tert-OH is 1. The highest BCUT2D eigenvalue weighted by atomic mass is 16.3. The van der Waals surface area contributed by atoms with Gasteiger partial charge in [-0.05, 0) is 17.2 Å². The Kier molecular flexibility index (Phi) is 3.40. The molecule has 3 heterocycles. The van der Waals surface area contributed by atoms with Crippen LogP contribution in [0.25, 0.3) is 27.8 Å². The Morgan fingerprint density at radius 1 is 1.17 bits per heavy atom. The van der Waals surface area contributed by atoms with Gasteiger partial charge in [0.25, 0.3) is 5.56 Å². The Hall–Kier alpha value is -3.32. The molecule has 4 rings (SSSR count). The van der Waals surface area contributed by atoms with Gasteiger partial charge in [-0.15, -0.1) is 0 Å². The number of aliphatic hydroxyl groups is 1. The van der Waals surface area contributed by atoms with Gasteiger partial charge in [-0.3, -0.25) is 4.79 Å². The van der Waals surface area contributed by atoms with E-state index in [1.54, 1.807) is 29.3 Å². The third-order valence-corrected chi connectivity index (χ3v) is 3.84. The number of benzene rings is 1. The van der Waals surface area contributed by atoms with E-state index in [2.05, 4.69) is 20.1 Å². The summed E-state index contributed by atoms with van der Waals surface area (Å²) in [4.78, 5) is 23.0. The molecule has 0 spiro atoms. The van der Waals surface area contributed by atoms with Crippen LogP contribution in [0.5, 0.6) is 0 Å². The second-order valence-electron chi connectivity index (χ2n) is 5.25. The lowest BCUT2D eigenvalue weighted by molar-refractivity contribution is 0.282. The lowest BCUT2D eigenvalue weighted by atomic mass is 10.0. The van der Waals surface area contributed by atoms with E-state index in [0.29, 0.717) is 16.7 Å². The summed E-state index contributed by atoms with van der Waals surface area (Å²) in [5.74, 6) is 0.478. The van der Waals surface area contributed by atoms with E-state index in [-0.39, 0.29) is 12.2 Å².